The third kappa shape index (κ3) is 7.40. The lowest BCUT2D eigenvalue weighted by atomic mass is 9.46. The number of hydrogen-bond donors (Lipinski definition) is 1. The topological polar surface area (TPSA) is 72.8 Å². The molecule has 8 aliphatic carbocycles. The van der Waals surface area contributed by atoms with Crippen LogP contribution in [0.4, 0.5) is 0 Å². The van der Waals surface area contributed by atoms with Gasteiger partial charge in [-0.1, -0.05) is 57.4 Å². The minimum atomic E-state index is -0.542. The first kappa shape index (κ1) is 38.9. The van der Waals surface area contributed by atoms with Gasteiger partial charge in [-0.2, -0.15) is 0 Å². The average Bonchev–Trinajstić information content (AvgIpc) is 2.80. The molecule has 8 bridgehead atoms. The van der Waals surface area contributed by atoms with Crippen molar-refractivity contribution in [1.29, 1.82) is 0 Å². The molecule has 8 saturated carbocycles. The Balaban J connectivity index is 0.000000385. The summed E-state index contributed by atoms with van der Waals surface area (Å²) in [6.07, 6.45) is 15.6. The van der Waals surface area contributed by atoms with Gasteiger partial charge >= 0.3 is 11.9 Å². The third-order valence-corrected chi connectivity index (χ3v) is 12.0. The summed E-state index contributed by atoms with van der Waals surface area (Å²) in [5, 5.41) is 10.6. The van der Waals surface area contributed by atoms with Gasteiger partial charge in [0, 0.05) is 11.8 Å². The molecule has 5 heteroatoms. The molecule has 5 nitrogen and oxygen atoms in total. The summed E-state index contributed by atoms with van der Waals surface area (Å²) < 4.78 is 11.9. The van der Waals surface area contributed by atoms with E-state index in [0.717, 1.165) is 56.3 Å². The monoisotopic (exact) mass is 595 g/mol. The number of hydrogen-bond acceptors (Lipinski definition) is 5. The highest BCUT2D eigenvalue weighted by Crippen LogP contribution is 2.64. The molecule has 42 heavy (non-hydrogen) atoms. The van der Waals surface area contributed by atoms with Crippen LogP contribution in [-0.4, -0.2) is 33.8 Å². The standard InChI is InChI=1S/C18H30O2.C15H24O3.4CH4/c1-5-12(2)16(19)20-17(3,4)18-9-13-6-14(10-18)8-15(7-13)11-18;1-3-10(2)13(16)18-15-7-11-4-12(8-15)6-14(17,5-11)9-15;;;;/h12-15H,5-11H2,1-4H3;10-12,17H,3-9H2,1-2H3;4*1H4. The molecule has 1 N–H and O–H groups in total. The van der Waals surface area contributed by atoms with Gasteiger partial charge in [0.05, 0.1) is 17.4 Å². The fourth-order valence-electron chi connectivity index (χ4n) is 10.2. The normalized spacial score (nSPS) is 39.5. The van der Waals surface area contributed by atoms with Gasteiger partial charge < -0.3 is 14.6 Å². The number of aliphatic hydroxyl groups is 1. The Kier molecular flexibility index (Phi) is 12.9. The SMILES string of the molecule is C.C.C.C.CCC(C)C(=O)OC(C)(C)C12CC3CC(CC(C3)C1)C2.CCC(C)C(=O)OC12CC3CC(CC(O)(C3)C1)C2. The summed E-state index contributed by atoms with van der Waals surface area (Å²) >= 11 is 0. The van der Waals surface area contributed by atoms with Crippen molar-refractivity contribution in [2.75, 3.05) is 0 Å². The van der Waals surface area contributed by atoms with Crippen molar-refractivity contribution in [2.24, 2.45) is 46.8 Å². The molecule has 0 radical (unpaired) electrons. The molecule has 0 aromatic carbocycles. The third-order valence-electron chi connectivity index (χ3n) is 12.0. The number of carbonyl (C=O) groups is 2. The van der Waals surface area contributed by atoms with Crippen LogP contribution in [0.25, 0.3) is 0 Å². The second-order valence-corrected chi connectivity index (χ2v) is 15.5. The Bertz CT molecular complexity index is 857. The van der Waals surface area contributed by atoms with E-state index in [1.807, 2.05) is 20.8 Å². The predicted molar refractivity (Wildman–Crippen MR) is 175 cm³/mol. The average molecular weight is 595 g/mol. The number of esters is 2. The quantitative estimate of drug-likeness (QED) is 0.297. The fraction of sp³-hybridized carbons (Fsp3) is 0.946. The highest BCUT2D eigenvalue weighted by Gasteiger charge is 2.60. The first-order valence-corrected chi connectivity index (χ1v) is 16.0. The Hall–Kier alpha value is -1.10. The van der Waals surface area contributed by atoms with Crippen LogP contribution in [0, 0.1) is 46.8 Å². The van der Waals surface area contributed by atoms with Gasteiger partial charge in [-0.15, -0.1) is 0 Å². The van der Waals surface area contributed by atoms with E-state index in [1.54, 1.807) is 0 Å². The summed E-state index contributed by atoms with van der Waals surface area (Å²) in [6, 6.07) is 0. The van der Waals surface area contributed by atoms with Gasteiger partial charge in [-0.25, -0.2) is 0 Å². The van der Waals surface area contributed by atoms with Crippen LogP contribution in [0.5, 0.6) is 0 Å². The molecule has 0 aliphatic heterocycles. The van der Waals surface area contributed by atoms with Crippen molar-refractivity contribution in [3.8, 4) is 0 Å². The first-order valence-electron chi connectivity index (χ1n) is 16.0. The molecule has 0 aromatic rings. The Morgan fingerprint density at radius 2 is 1.12 bits per heavy atom. The highest BCUT2D eigenvalue weighted by molar-refractivity contribution is 5.73. The first-order chi connectivity index (χ1) is 17.8. The van der Waals surface area contributed by atoms with E-state index >= 15 is 0 Å². The van der Waals surface area contributed by atoms with E-state index in [4.69, 9.17) is 9.47 Å². The van der Waals surface area contributed by atoms with Crippen molar-refractivity contribution in [2.45, 2.75) is 178 Å². The van der Waals surface area contributed by atoms with Crippen molar-refractivity contribution in [1.82, 2.24) is 0 Å². The molecule has 0 saturated heterocycles. The lowest BCUT2D eigenvalue weighted by Crippen LogP contribution is -2.60. The molecule has 8 aliphatic rings. The highest BCUT2D eigenvalue weighted by atomic mass is 16.6. The molecule has 0 heterocycles. The van der Waals surface area contributed by atoms with Crippen LogP contribution in [0.3, 0.4) is 0 Å². The van der Waals surface area contributed by atoms with Crippen molar-refractivity contribution in [3.05, 3.63) is 0 Å². The second-order valence-electron chi connectivity index (χ2n) is 15.5. The minimum absolute atomic E-state index is 0. The zero-order chi connectivity index (χ0) is 27.5. The molecule has 4 unspecified atom stereocenters. The van der Waals surface area contributed by atoms with Crippen LogP contribution in [0.1, 0.15) is 161 Å². The van der Waals surface area contributed by atoms with Crippen molar-refractivity contribution in [3.63, 3.8) is 0 Å². The maximum atomic E-state index is 12.3. The molecular weight excluding hydrogens is 524 g/mol. The van der Waals surface area contributed by atoms with Crippen LogP contribution in [0.2, 0.25) is 0 Å². The maximum absolute atomic E-state index is 12.3. The minimum Gasteiger partial charge on any atom is -0.459 e. The van der Waals surface area contributed by atoms with Crippen molar-refractivity contribution >= 4 is 11.9 Å². The van der Waals surface area contributed by atoms with E-state index in [2.05, 4.69) is 20.8 Å². The summed E-state index contributed by atoms with van der Waals surface area (Å²) in [4.78, 5) is 24.3. The Morgan fingerprint density at radius 1 is 0.714 bits per heavy atom. The van der Waals surface area contributed by atoms with E-state index in [9.17, 15) is 14.7 Å². The van der Waals surface area contributed by atoms with Crippen molar-refractivity contribution < 1.29 is 24.2 Å². The predicted octanol–water partition coefficient (Wildman–Crippen LogP) is 9.77. The van der Waals surface area contributed by atoms with Gasteiger partial charge in [0.1, 0.15) is 11.2 Å². The number of ether oxygens (including phenoxy) is 2. The molecule has 0 amide bonds. The van der Waals surface area contributed by atoms with Gasteiger partial charge in [-0.3, -0.25) is 9.59 Å². The molecule has 4 atom stereocenters. The van der Waals surface area contributed by atoms with E-state index in [-0.39, 0.29) is 70.1 Å². The molecule has 248 valence electrons. The summed E-state index contributed by atoms with van der Waals surface area (Å²) in [7, 11) is 0. The maximum Gasteiger partial charge on any atom is 0.309 e. The number of rotatable bonds is 7. The van der Waals surface area contributed by atoms with Gasteiger partial charge in [0.2, 0.25) is 0 Å². The molecule has 0 aromatic heterocycles. The fourth-order valence-corrected chi connectivity index (χ4v) is 10.2. The van der Waals surface area contributed by atoms with E-state index in [1.165, 1.54) is 44.9 Å². The van der Waals surface area contributed by atoms with Crippen LogP contribution in [-0.2, 0) is 19.1 Å². The Morgan fingerprint density at radius 3 is 1.52 bits per heavy atom. The number of carbonyl (C=O) groups excluding carboxylic acids is 2. The van der Waals surface area contributed by atoms with E-state index in [0.29, 0.717) is 18.3 Å². The molecular formula is C37H70O5. The Labute approximate surface area is 260 Å². The molecule has 0 spiro atoms. The van der Waals surface area contributed by atoms with Gasteiger partial charge in [0.25, 0.3) is 0 Å². The smallest absolute Gasteiger partial charge is 0.309 e. The van der Waals surface area contributed by atoms with Gasteiger partial charge in [0.15, 0.2) is 0 Å². The second kappa shape index (κ2) is 13.9. The zero-order valence-corrected chi connectivity index (χ0v) is 25.0. The lowest BCUT2D eigenvalue weighted by Gasteiger charge is -2.61. The largest absolute Gasteiger partial charge is 0.459 e. The summed E-state index contributed by atoms with van der Waals surface area (Å²) in [5.41, 5.74) is -0.895. The van der Waals surface area contributed by atoms with Crippen LogP contribution < -0.4 is 0 Å². The summed E-state index contributed by atoms with van der Waals surface area (Å²) in [5.74, 6) is 3.81. The molecule has 8 fully saturated rings. The van der Waals surface area contributed by atoms with Crippen LogP contribution in [0.15, 0.2) is 0 Å². The van der Waals surface area contributed by atoms with Crippen LogP contribution >= 0.6 is 0 Å². The molecule has 8 rings (SSSR count). The van der Waals surface area contributed by atoms with E-state index < -0.39 is 5.60 Å². The van der Waals surface area contributed by atoms with Gasteiger partial charge in [-0.05, 0) is 127 Å². The summed E-state index contributed by atoms with van der Waals surface area (Å²) in [6.45, 7) is 12.3. The lowest BCUT2D eigenvalue weighted by molar-refractivity contribution is -0.222. The zero-order valence-electron chi connectivity index (χ0n) is 25.0.